The van der Waals surface area contributed by atoms with Crippen molar-refractivity contribution in [3.8, 4) is 11.3 Å². The Kier molecular flexibility index (Phi) is 11.2. The summed E-state index contributed by atoms with van der Waals surface area (Å²) in [5, 5.41) is 11.5. The zero-order valence-corrected chi connectivity index (χ0v) is 28.0. The van der Waals surface area contributed by atoms with Gasteiger partial charge < -0.3 is 16.0 Å². The van der Waals surface area contributed by atoms with Gasteiger partial charge in [-0.3, -0.25) is 14.4 Å². The van der Waals surface area contributed by atoms with Crippen LogP contribution in [0.1, 0.15) is 22.8 Å². The quantitative estimate of drug-likeness (QED) is 0.0993. The van der Waals surface area contributed by atoms with Crippen LogP contribution in [-0.4, -0.2) is 28.0 Å². The number of rotatable bonds is 10. The highest BCUT2D eigenvalue weighted by atomic mass is 35.5. The minimum atomic E-state index is -0.576. The first-order valence-corrected chi connectivity index (χ1v) is 16.7. The van der Waals surface area contributed by atoms with Crippen LogP contribution in [0.5, 0.6) is 0 Å². The average molecular weight is 708 g/mol. The zero-order chi connectivity index (χ0) is 32.6. The van der Waals surface area contributed by atoms with Crippen molar-refractivity contribution in [1.29, 1.82) is 0 Å². The number of nitrogens with one attached hydrogen (secondary N) is 3. The maximum Gasteiger partial charge on any atom is 0.272 e. The van der Waals surface area contributed by atoms with E-state index in [1.807, 2.05) is 23.6 Å². The van der Waals surface area contributed by atoms with Crippen LogP contribution < -0.4 is 16.0 Å². The van der Waals surface area contributed by atoms with Crippen molar-refractivity contribution in [1.82, 2.24) is 10.3 Å². The number of aromatic nitrogens is 1. The first kappa shape index (κ1) is 33.2. The van der Waals surface area contributed by atoms with Gasteiger partial charge in [-0.25, -0.2) is 4.98 Å². The number of amides is 3. The van der Waals surface area contributed by atoms with Crippen molar-refractivity contribution in [2.45, 2.75) is 17.1 Å². The highest BCUT2D eigenvalue weighted by molar-refractivity contribution is 8.00. The van der Waals surface area contributed by atoms with E-state index in [-0.39, 0.29) is 11.6 Å². The molecule has 0 spiro atoms. The van der Waals surface area contributed by atoms with Crippen molar-refractivity contribution in [3.63, 3.8) is 0 Å². The third-order valence-electron chi connectivity index (χ3n) is 6.50. The van der Waals surface area contributed by atoms with Gasteiger partial charge in [0.15, 0.2) is 5.13 Å². The molecule has 5 rings (SSSR count). The number of halogens is 3. The third-order valence-corrected chi connectivity index (χ3v) is 9.35. The molecule has 3 amide bonds. The molecule has 12 heteroatoms. The van der Waals surface area contributed by atoms with E-state index in [0.29, 0.717) is 42.7 Å². The highest BCUT2D eigenvalue weighted by Gasteiger charge is 2.19. The molecule has 0 aliphatic carbocycles. The Hall–Kier alpha value is -4.12. The van der Waals surface area contributed by atoms with Crippen molar-refractivity contribution < 1.29 is 14.4 Å². The molecule has 232 valence electrons. The predicted octanol–water partition coefficient (Wildman–Crippen LogP) is 9.30. The zero-order valence-electron chi connectivity index (χ0n) is 24.1. The largest absolute Gasteiger partial charge is 0.321 e. The van der Waals surface area contributed by atoms with Crippen LogP contribution in [0, 0.1) is 0 Å². The molecule has 1 atom stereocenters. The van der Waals surface area contributed by atoms with E-state index in [2.05, 4.69) is 20.9 Å². The molecule has 1 heterocycles. The van der Waals surface area contributed by atoms with Gasteiger partial charge in [0.1, 0.15) is 5.70 Å². The molecule has 7 nitrogen and oxygen atoms in total. The van der Waals surface area contributed by atoms with Crippen LogP contribution in [0.15, 0.2) is 113 Å². The topological polar surface area (TPSA) is 100 Å². The van der Waals surface area contributed by atoms with Crippen LogP contribution in [0.4, 0.5) is 10.8 Å². The summed E-state index contributed by atoms with van der Waals surface area (Å²) < 4.78 is 0. The summed E-state index contributed by atoms with van der Waals surface area (Å²) in [5.74, 6) is -1.25. The normalized spacial score (nSPS) is 11.9. The lowest BCUT2D eigenvalue weighted by Crippen LogP contribution is -2.30. The second-order valence-corrected chi connectivity index (χ2v) is 13.3. The van der Waals surface area contributed by atoms with E-state index in [9.17, 15) is 14.4 Å². The molecule has 0 aliphatic rings. The molecule has 0 aliphatic heterocycles. The molecule has 5 aromatic rings. The van der Waals surface area contributed by atoms with E-state index in [0.717, 1.165) is 10.5 Å². The fraction of sp³-hybridized carbons (Fsp3) is 0.0588. The number of anilines is 2. The molecule has 0 saturated carbocycles. The number of thiazole rings is 1. The van der Waals surface area contributed by atoms with Gasteiger partial charge in [0, 0.05) is 47.7 Å². The molecule has 1 unspecified atom stereocenters. The van der Waals surface area contributed by atoms with Gasteiger partial charge in [-0.1, -0.05) is 77.3 Å². The molecular formula is C34H25Cl3N4O3S2. The summed E-state index contributed by atoms with van der Waals surface area (Å²) in [7, 11) is 0. The SMILES string of the molecule is CC(Sc1ccc(NC(=O)/C(=C/c2c(Cl)cccc2Cl)NC(=O)c2ccccc2)cc1)C(=O)Nc1nc(-c2ccccc2Cl)cs1. The van der Waals surface area contributed by atoms with Gasteiger partial charge in [0.05, 0.1) is 10.9 Å². The molecular weight excluding hydrogens is 683 g/mol. The van der Waals surface area contributed by atoms with Crippen molar-refractivity contribution >= 4 is 92.5 Å². The first-order valence-electron chi connectivity index (χ1n) is 13.8. The summed E-state index contributed by atoms with van der Waals surface area (Å²) in [4.78, 5) is 44.5. The van der Waals surface area contributed by atoms with Crippen LogP contribution in [0.2, 0.25) is 15.1 Å². The Labute approximate surface area is 289 Å². The summed E-state index contributed by atoms with van der Waals surface area (Å²) in [5.41, 5.74) is 2.68. The van der Waals surface area contributed by atoms with Crippen LogP contribution in [0.25, 0.3) is 17.3 Å². The standard InChI is InChI=1S/C34H25Cl3N4O3S2/c1-20(31(42)41-34-40-30(19-45-34)24-10-5-6-11-26(24)35)46-23-16-14-22(15-17-23)38-33(44)29(18-25-27(36)12-7-13-28(25)37)39-32(43)21-8-3-2-4-9-21/h2-20H,1H3,(H,38,44)(H,39,43)(H,40,41,42)/b29-18-. The van der Waals surface area contributed by atoms with E-state index >= 15 is 0 Å². The van der Waals surface area contributed by atoms with Crippen LogP contribution >= 0.6 is 57.9 Å². The number of thioether (sulfide) groups is 1. The summed E-state index contributed by atoms with van der Waals surface area (Å²) in [6, 6.07) is 27.9. The summed E-state index contributed by atoms with van der Waals surface area (Å²) in [6.07, 6.45) is 1.44. The minimum absolute atomic E-state index is 0.0486. The number of benzene rings is 4. The van der Waals surface area contributed by atoms with Gasteiger partial charge in [-0.15, -0.1) is 23.1 Å². The molecule has 0 bridgehead atoms. The number of carbonyl (C=O) groups is 3. The Bertz CT molecular complexity index is 1890. The molecule has 1 aromatic heterocycles. The molecule has 0 fully saturated rings. The van der Waals surface area contributed by atoms with E-state index in [1.165, 1.54) is 29.2 Å². The second-order valence-electron chi connectivity index (χ2n) is 9.76. The van der Waals surface area contributed by atoms with Gasteiger partial charge in [0.25, 0.3) is 11.8 Å². The van der Waals surface area contributed by atoms with Gasteiger partial charge in [-0.05, 0) is 67.6 Å². The molecule has 4 aromatic carbocycles. The van der Waals surface area contributed by atoms with E-state index < -0.39 is 17.1 Å². The highest BCUT2D eigenvalue weighted by Crippen LogP contribution is 2.32. The minimum Gasteiger partial charge on any atom is -0.321 e. The lowest BCUT2D eigenvalue weighted by Gasteiger charge is -2.13. The fourth-order valence-corrected chi connectivity index (χ4v) is 6.46. The number of nitrogens with zero attached hydrogens (tertiary/aromatic N) is 1. The monoisotopic (exact) mass is 706 g/mol. The number of hydrogen-bond donors (Lipinski definition) is 3. The third kappa shape index (κ3) is 8.57. The number of hydrogen-bond acceptors (Lipinski definition) is 6. The van der Waals surface area contributed by atoms with Crippen molar-refractivity contribution in [3.05, 3.63) is 134 Å². The van der Waals surface area contributed by atoms with Gasteiger partial charge >= 0.3 is 0 Å². The Balaban J connectivity index is 1.24. The maximum absolute atomic E-state index is 13.4. The average Bonchev–Trinajstić information content (AvgIpc) is 3.51. The van der Waals surface area contributed by atoms with Crippen LogP contribution in [-0.2, 0) is 9.59 Å². The first-order chi connectivity index (χ1) is 22.2. The van der Waals surface area contributed by atoms with E-state index in [4.69, 9.17) is 34.8 Å². The lowest BCUT2D eigenvalue weighted by atomic mass is 10.1. The van der Waals surface area contributed by atoms with Crippen molar-refractivity contribution in [2.24, 2.45) is 0 Å². The lowest BCUT2D eigenvalue weighted by molar-refractivity contribution is -0.115. The fourth-order valence-electron chi connectivity index (χ4n) is 4.14. The van der Waals surface area contributed by atoms with Gasteiger partial charge in [-0.2, -0.15) is 0 Å². The molecule has 46 heavy (non-hydrogen) atoms. The van der Waals surface area contributed by atoms with Crippen molar-refractivity contribution in [2.75, 3.05) is 10.6 Å². The Morgan fingerprint density at radius 3 is 2.15 bits per heavy atom. The van der Waals surface area contributed by atoms with Crippen LogP contribution in [0.3, 0.4) is 0 Å². The Morgan fingerprint density at radius 1 is 0.804 bits per heavy atom. The van der Waals surface area contributed by atoms with E-state index in [1.54, 1.807) is 85.8 Å². The Morgan fingerprint density at radius 2 is 1.46 bits per heavy atom. The molecule has 0 radical (unpaired) electrons. The summed E-state index contributed by atoms with van der Waals surface area (Å²) >= 11 is 21.6. The predicted molar refractivity (Wildman–Crippen MR) is 190 cm³/mol. The second kappa shape index (κ2) is 15.4. The molecule has 0 saturated heterocycles. The van der Waals surface area contributed by atoms with Gasteiger partial charge in [0.2, 0.25) is 5.91 Å². The summed E-state index contributed by atoms with van der Waals surface area (Å²) in [6.45, 7) is 1.80. The maximum atomic E-state index is 13.4. The number of carbonyl (C=O) groups excluding carboxylic acids is 3. The smallest absolute Gasteiger partial charge is 0.272 e. The molecule has 3 N–H and O–H groups in total.